The maximum Gasteiger partial charge on any atom is 0.262 e. The second-order valence-electron chi connectivity index (χ2n) is 6.76. The summed E-state index contributed by atoms with van der Waals surface area (Å²) >= 11 is 0. The van der Waals surface area contributed by atoms with Gasteiger partial charge in [0, 0.05) is 11.3 Å². The molecule has 0 aromatic heterocycles. The van der Waals surface area contributed by atoms with Gasteiger partial charge in [0.05, 0.1) is 18.8 Å². The van der Waals surface area contributed by atoms with Crippen LogP contribution in [0.3, 0.4) is 0 Å². The van der Waals surface area contributed by atoms with Gasteiger partial charge in [0.15, 0.2) is 18.1 Å². The lowest BCUT2D eigenvalue weighted by Crippen LogP contribution is -2.20. The van der Waals surface area contributed by atoms with Crippen molar-refractivity contribution in [1.29, 1.82) is 5.26 Å². The molecule has 0 heterocycles. The van der Waals surface area contributed by atoms with Crippen LogP contribution in [0.2, 0.25) is 0 Å². The van der Waals surface area contributed by atoms with Crippen molar-refractivity contribution in [3.05, 3.63) is 89.2 Å². The minimum atomic E-state index is -0.437. The zero-order valence-electron chi connectivity index (χ0n) is 17.2. The van der Waals surface area contributed by atoms with Crippen LogP contribution in [0.15, 0.2) is 66.7 Å². The highest BCUT2D eigenvalue weighted by Gasteiger charge is 2.13. The SMILES string of the molecule is COc1cccc(/C=C(/C#N)c2cccc(F)c2)c1OCC(=O)Nc1ccc(C)cc1. The van der Waals surface area contributed by atoms with Crippen LogP contribution in [0.4, 0.5) is 10.1 Å². The van der Waals surface area contributed by atoms with Crippen LogP contribution in [0.5, 0.6) is 11.5 Å². The standard InChI is InChI=1S/C25H21FN2O3/c1-17-9-11-22(12-10-17)28-24(29)16-31-25-19(6-4-8-23(25)30-2)13-20(15-27)18-5-3-7-21(26)14-18/h3-14H,16H2,1-2H3,(H,28,29)/b20-13-. The molecule has 0 atom stereocenters. The van der Waals surface area contributed by atoms with Gasteiger partial charge >= 0.3 is 0 Å². The first-order valence-corrected chi connectivity index (χ1v) is 9.54. The van der Waals surface area contributed by atoms with Crippen molar-refractivity contribution in [3.63, 3.8) is 0 Å². The van der Waals surface area contributed by atoms with Gasteiger partial charge in [-0.2, -0.15) is 5.26 Å². The Bertz CT molecular complexity index is 1150. The number of methoxy groups -OCH3 is 1. The molecule has 6 heteroatoms. The first-order chi connectivity index (χ1) is 15.0. The monoisotopic (exact) mass is 416 g/mol. The molecular weight excluding hydrogens is 395 g/mol. The third-order valence-electron chi connectivity index (χ3n) is 4.47. The molecule has 0 saturated heterocycles. The number of anilines is 1. The second kappa shape index (κ2) is 10.1. The molecule has 1 N–H and O–H groups in total. The predicted molar refractivity (Wildman–Crippen MR) is 118 cm³/mol. The number of allylic oxidation sites excluding steroid dienone is 1. The molecular formula is C25H21FN2O3. The molecule has 3 aromatic rings. The Morgan fingerprint density at radius 2 is 1.87 bits per heavy atom. The maximum absolute atomic E-state index is 13.6. The number of rotatable bonds is 7. The minimum absolute atomic E-state index is 0.252. The Morgan fingerprint density at radius 1 is 1.13 bits per heavy atom. The van der Waals surface area contributed by atoms with Gasteiger partial charge in [0.25, 0.3) is 5.91 Å². The second-order valence-corrected chi connectivity index (χ2v) is 6.76. The number of ether oxygens (including phenoxy) is 2. The number of nitriles is 1. The predicted octanol–water partition coefficient (Wildman–Crippen LogP) is 5.22. The van der Waals surface area contributed by atoms with E-state index in [4.69, 9.17) is 9.47 Å². The minimum Gasteiger partial charge on any atom is -0.493 e. The molecule has 31 heavy (non-hydrogen) atoms. The van der Waals surface area contributed by atoms with Crippen LogP contribution in [0.25, 0.3) is 11.6 Å². The molecule has 1 amide bonds. The topological polar surface area (TPSA) is 71.3 Å². The fourth-order valence-electron chi connectivity index (χ4n) is 2.93. The Balaban J connectivity index is 1.84. The Labute approximate surface area is 180 Å². The molecule has 0 radical (unpaired) electrons. The van der Waals surface area contributed by atoms with Crippen molar-refractivity contribution in [1.82, 2.24) is 0 Å². The highest BCUT2D eigenvalue weighted by molar-refractivity contribution is 5.93. The molecule has 0 aliphatic heterocycles. The number of carbonyl (C=O) groups excluding carboxylic acids is 1. The van der Waals surface area contributed by atoms with E-state index < -0.39 is 5.82 Å². The van der Waals surface area contributed by atoms with Crippen molar-refractivity contribution in [3.8, 4) is 17.6 Å². The van der Waals surface area contributed by atoms with Crippen LogP contribution in [-0.2, 0) is 4.79 Å². The largest absolute Gasteiger partial charge is 0.493 e. The normalized spacial score (nSPS) is 10.8. The fourth-order valence-corrected chi connectivity index (χ4v) is 2.93. The summed E-state index contributed by atoms with van der Waals surface area (Å²) in [6.07, 6.45) is 1.57. The summed E-state index contributed by atoms with van der Waals surface area (Å²) in [4.78, 5) is 12.3. The summed E-state index contributed by atoms with van der Waals surface area (Å²) < 4.78 is 24.7. The molecule has 0 unspecified atom stereocenters. The van der Waals surface area contributed by atoms with Gasteiger partial charge in [-0.25, -0.2) is 4.39 Å². The summed E-state index contributed by atoms with van der Waals surface area (Å²) in [6.45, 7) is 1.71. The van der Waals surface area contributed by atoms with Crippen LogP contribution in [0.1, 0.15) is 16.7 Å². The number of benzene rings is 3. The van der Waals surface area contributed by atoms with Gasteiger partial charge in [-0.15, -0.1) is 0 Å². The number of hydrogen-bond acceptors (Lipinski definition) is 4. The first-order valence-electron chi connectivity index (χ1n) is 9.54. The highest BCUT2D eigenvalue weighted by atomic mass is 19.1. The lowest BCUT2D eigenvalue weighted by Gasteiger charge is -2.14. The van der Waals surface area contributed by atoms with E-state index in [2.05, 4.69) is 11.4 Å². The van der Waals surface area contributed by atoms with Gasteiger partial charge in [-0.05, 0) is 48.9 Å². The number of para-hydroxylation sites is 1. The van der Waals surface area contributed by atoms with E-state index in [1.165, 1.54) is 25.3 Å². The zero-order chi connectivity index (χ0) is 22.2. The molecule has 3 rings (SSSR count). The number of nitrogens with zero attached hydrogens (tertiary/aromatic N) is 1. The number of amides is 1. The summed E-state index contributed by atoms with van der Waals surface area (Å²) in [5.41, 5.74) is 2.97. The maximum atomic E-state index is 13.6. The van der Waals surface area contributed by atoms with E-state index in [-0.39, 0.29) is 18.1 Å². The van der Waals surface area contributed by atoms with Gasteiger partial charge in [-0.1, -0.05) is 42.0 Å². The van der Waals surface area contributed by atoms with Crippen molar-refractivity contribution < 1.29 is 18.7 Å². The molecule has 0 aliphatic rings. The Kier molecular flexibility index (Phi) is 7.02. The molecule has 0 saturated carbocycles. The van der Waals surface area contributed by atoms with Crippen LogP contribution in [-0.4, -0.2) is 19.6 Å². The number of carbonyl (C=O) groups is 1. The number of halogens is 1. The van der Waals surface area contributed by atoms with E-state index in [1.54, 1.807) is 30.3 Å². The van der Waals surface area contributed by atoms with Gasteiger partial charge in [-0.3, -0.25) is 4.79 Å². The van der Waals surface area contributed by atoms with Crippen molar-refractivity contribution in [2.75, 3.05) is 19.0 Å². The molecule has 0 fully saturated rings. The lowest BCUT2D eigenvalue weighted by atomic mass is 10.0. The van der Waals surface area contributed by atoms with Crippen molar-refractivity contribution >= 4 is 23.2 Å². The fraction of sp³-hybridized carbons (Fsp3) is 0.120. The number of hydrogen-bond donors (Lipinski definition) is 1. The van der Waals surface area contributed by atoms with E-state index >= 15 is 0 Å². The van der Waals surface area contributed by atoms with Crippen LogP contribution >= 0.6 is 0 Å². The van der Waals surface area contributed by atoms with E-state index in [0.29, 0.717) is 28.3 Å². The average Bonchev–Trinajstić information content (AvgIpc) is 2.77. The van der Waals surface area contributed by atoms with Crippen LogP contribution in [0, 0.1) is 24.1 Å². The van der Waals surface area contributed by atoms with Crippen molar-refractivity contribution in [2.24, 2.45) is 0 Å². The highest BCUT2D eigenvalue weighted by Crippen LogP contribution is 2.34. The van der Waals surface area contributed by atoms with Crippen LogP contribution < -0.4 is 14.8 Å². The summed E-state index contributed by atoms with van der Waals surface area (Å²) in [6, 6.07) is 20.4. The summed E-state index contributed by atoms with van der Waals surface area (Å²) in [7, 11) is 1.49. The third kappa shape index (κ3) is 5.71. The molecule has 5 nitrogen and oxygen atoms in total. The van der Waals surface area contributed by atoms with E-state index in [1.807, 2.05) is 31.2 Å². The molecule has 0 bridgehead atoms. The third-order valence-corrected chi connectivity index (χ3v) is 4.47. The quantitative estimate of drug-likeness (QED) is 0.423. The summed E-state index contributed by atoms with van der Waals surface area (Å²) in [5.74, 6) is -0.0505. The molecule has 0 spiro atoms. The Morgan fingerprint density at radius 3 is 2.55 bits per heavy atom. The van der Waals surface area contributed by atoms with Crippen molar-refractivity contribution in [2.45, 2.75) is 6.92 Å². The smallest absolute Gasteiger partial charge is 0.262 e. The molecule has 3 aromatic carbocycles. The van der Waals surface area contributed by atoms with E-state index in [0.717, 1.165) is 5.56 Å². The van der Waals surface area contributed by atoms with E-state index in [9.17, 15) is 14.4 Å². The number of aryl methyl sites for hydroxylation is 1. The lowest BCUT2D eigenvalue weighted by molar-refractivity contribution is -0.118. The Hall–Kier alpha value is -4.11. The molecule has 0 aliphatic carbocycles. The zero-order valence-corrected chi connectivity index (χ0v) is 17.2. The van der Waals surface area contributed by atoms with Gasteiger partial charge in [0.2, 0.25) is 0 Å². The first kappa shape index (κ1) is 21.6. The number of nitrogens with one attached hydrogen (secondary N) is 1. The van der Waals surface area contributed by atoms with Gasteiger partial charge < -0.3 is 14.8 Å². The molecule has 156 valence electrons. The van der Waals surface area contributed by atoms with Gasteiger partial charge in [0.1, 0.15) is 5.82 Å². The average molecular weight is 416 g/mol. The summed E-state index contributed by atoms with van der Waals surface area (Å²) in [5, 5.41) is 12.3.